The molecule has 0 aliphatic heterocycles. The lowest BCUT2D eigenvalue weighted by atomic mass is 10.1. The number of fused-ring (bicyclic) bond motifs is 1. The number of hydrogen-bond donors (Lipinski definition) is 0. The Morgan fingerprint density at radius 3 is 2.62 bits per heavy atom. The smallest absolute Gasteiger partial charge is 0.343 e. The molecule has 0 saturated heterocycles. The molecule has 0 aromatic heterocycles. The molecule has 0 amide bonds. The highest BCUT2D eigenvalue weighted by molar-refractivity contribution is 5.92. The normalized spacial score (nSPS) is 10.5. The van der Waals surface area contributed by atoms with E-state index in [-0.39, 0.29) is 5.82 Å². The van der Waals surface area contributed by atoms with Gasteiger partial charge in [0.05, 0.1) is 5.56 Å². The second kappa shape index (κ2) is 7.09. The Hall–Kier alpha value is -2.94. The summed E-state index contributed by atoms with van der Waals surface area (Å²) in [5.74, 6) is -0.324. The Labute approximate surface area is 140 Å². The van der Waals surface area contributed by atoms with Gasteiger partial charge >= 0.3 is 5.97 Å². The topological polar surface area (TPSA) is 26.3 Å². The van der Waals surface area contributed by atoms with Crippen LogP contribution in [0, 0.1) is 5.82 Å². The summed E-state index contributed by atoms with van der Waals surface area (Å²) < 4.78 is 19.0. The van der Waals surface area contributed by atoms with E-state index in [0.717, 1.165) is 18.4 Å². The van der Waals surface area contributed by atoms with Gasteiger partial charge in [-0.2, -0.15) is 0 Å². The average molecular weight is 320 g/mol. The van der Waals surface area contributed by atoms with Crippen molar-refractivity contribution in [1.29, 1.82) is 0 Å². The summed E-state index contributed by atoms with van der Waals surface area (Å²) in [5, 5.41) is 1.20. The predicted molar refractivity (Wildman–Crippen MR) is 93.8 cm³/mol. The van der Waals surface area contributed by atoms with Crippen LogP contribution < -0.4 is 4.74 Å². The summed E-state index contributed by atoms with van der Waals surface area (Å²) in [4.78, 5) is 12.2. The Balaban J connectivity index is 1.75. The summed E-state index contributed by atoms with van der Waals surface area (Å²) in [6, 6.07) is 17.0. The number of allylic oxidation sites excluding steroid dienone is 1. The molecule has 0 bridgehead atoms. The van der Waals surface area contributed by atoms with Crippen LogP contribution in [-0.2, 0) is 6.42 Å². The number of aryl methyl sites for hydroxylation is 1. The minimum atomic E-state index is -0.430. The zero-order chi connectivity index (χ0) is 16.9. The van der Waals surface area contributed by atoms with Crippen molar-refractivity contribution in [3.63, 3.8) is 0 Å². The van der Waals surface area contributed by atoms with Gasteiger partial charge in [-0.3, -0.25) is 0 Å². The Bertz CT molecular complexity index is 882. The van der Waals surface area contributed by atoms with Crippen molar-refractivity contribution >= 4 is 16.7 Å². The monoisotopic (exact) mass is 320 g/mol. The molecule has 0 fully saturated rings. The molecular weight excluding hydrogens is 303 g/mol. The van der Waals surface area contributed by atoms with Gasteiger partial charge in [0.15, 0.2) is 0 Å². The van der Waals surface area contributed by atoms with Crippen LogP contribution in [0.3, 0.4) is 0 Å². The van der Waals surface area contributed by atoms with E-state index in [1.165, 1.54) is 6.07 Å². The first kappa shape index (κ1) is 15.9. The van der Waals surface area contributed by atoms with Crippen molar-refractivity contribution in [3.8, 4) is 5.75 Å². The minimum absolute atomic E-state index is 0.291. The van der Waals surface area contributed by atoms with E-state index < -0.39 is 5.97 Å². The van der Waals surface area contributed by atoms with Crippen molar-refractivity contribution in [1.82, 2.24) is 0 Å². The molecule has 0 aliphatic carbocycles. The van der Waals surface area contributed by atoms with Crippen LogP contribution in [0.15, 0.2) is 73.3 Å². The first-order valence-electron chi connectivity index (χ1n) is 7.77. The maximum absolute atomic E-state index is 13.7. The zero-order valence-corrected chi connectivity index (χ0v) is 13.2. The molecule has 0 atom stereocenters. The molecule has 3 rings (SSSR count). The second-order valence-electron chi connectivity index (χ2n) is 5.54. The highest BCUT2D eigenvalue weighted by Crippen LogP contribution is 2.23. The molecule has 0 heterocycles. The molecule has 0 saturated carbocycles. The van der Waals surface area contributed by atoms with Crippen molar-refractivity contribution in [2.24, 2.45) is 0 Å². The fourth-order valence-corrected chi connectivity index (χ4v) is 2.53. The molecule has 24 heavy (non-hydrogen) atoms. The summed E-state index contributed by atoms with van der Waals surface area (Å²) in [5.41, 5.74) is 1.63. The third kappa shape index (κ3) is 3.51. The standard InChI is InChI=1S/C21H17FO2/c1-2-3-5-15-8-10-16(11-9-15)21(23)24-18-12-13-19-17(14-18)6-4-7-20(19)22/h2,4,6-14H,1,3,5H2. The molecule has 0 unspecified atom stereocenters. The van der Waals surface area contributed by atoms with E-state index in [0.29, 0.717) is 22.1 Å². The second-order valence-corrected chi connectivity index (χ2v) is 5.54. The summed E-state index contributed by atoms with van der Waals surface area (Å²) in [6.07, 6.45) is 3.66. The van der Waals surface area contributed by atoms with Gasteiger partial charge in [0.25, 0.3) is 0 Å². The first-order valence-corrected chi connectivity index (χ1v) is 7.77. The highest BCUT2D eigenvalue weighted by atomic mass is 19.1. The largest absolute Gasteiger partial charge is 0.423 e. The van der Waals surface area contributed by atoms with Crippen molar-refractivity contribution in [3.05, 3.63) is 90.3 Å². The molecule has 0 spiro atoms. The third-order valence-corrected chi connectivity index (χ3v) is 3.84. The lowest BCUT2D eigenvalue weighted by Crippen LogP contribution is -2.08. The SMILES string of the molecule is C=CCCc1ccc(C(=O)Oc2ccc3c(F)cccc3c2)cc1. The highest BCUT2D eigenvalue weighted by Gasteiger charge is 2.09. The number of rotatable bonds is 5. The number of esters is 1. The average Bonchev–Trinajstić information content (AvgIpc) is 2.60. The summed E-state index contributed by atoms with van der Waals surface area (Å²) >= 11 is 0. The molecular formula is C21H17FO2. The number of ether oxygens (including phenoxy) is 1. The zero-order valence-electron chi connectivity index (χ0n) is 13.2. The molecule has 0 aliphatic rings. The first-order chi connectivity index (χ1) is 11.7. The van der Waals surface area contributed by atoms with E-state index in [1.54, 1.807) is 42.5 Å². The van der Waals surface area contributed by atoms with Gasteiger partial charge in [-0.15, -0.1) is 6.58 Å². The van der Waals surface area contributed by atoms with Crippen LogP contribution in [0.4, 0.5) is 4.39 Å². The van der Waals surface area contributed by atoms with E-state index in [1.807, 2.05) is 18.2 Å². The van der Waals surface area contributed by atoms with Crippen LogP contribution >= 0.6 is 0 Å². The van der Waals surface area contributed by atoms with Gasteiger partial charge in [-0.1, -0.05) is 30.3 Å². The number of benzene rings is 3. The number of carbonyl (C=O) groups is 1. The molecule has 2 nitrogen and oxygen atoms in total. The van der Waals surface area contributed by atoms with Crippen LogP contribution in [0.25, 0.3) is 10.8 Å². The van der Waals surface area contributed by atoms with Crippen LogP contribution in [0.2, 0.25) is 0 Å². The molecule has 0 N–H and O–H groups in total. The Morgan fingerprint density at radius 1 is 1.08 bits per heavy atom. The summed E-state index contributed by atoms with van der Waals surface area (Å²) in [7, 11) is 0. The Kier molecular flexibility index (Phi) is 4.71. The molecule has 0 radical (unpaired) electrons. The number of carbonyl (C=O) groups excluding carboxylic acids is 1. The fraction of sp³-hybridized carbons (Fsp3) is 0.0952. The van der Waals surface area contributed by atoms with Crippen LogP contribution in [-0.4, -0.2) is 5.97 Å². The molecule has 3 aromatic rings. The fourth-order valence-electron chi connectivity index (χ4n) is 2.53. The summed E-state index contributed by atoms with van der Waals surface area (Å²) in [6.45, 7) is 3.70. The molecule has 120 valence electrons. The van der Waals surface area contributed by atoms with Crippen molar-refractivity contribution < 1.29 is 13.9 Å². The number of halogens is 1. The molecule has 3 aromatic carbocycles. The van der Waals surface area contributed by atoms with Gasteiger partial charge in [-0.25, -0.2) is 9.18 Å². The predicted octanol–water partition coefficient (Wildman–Crippen LogP) is 5.32. The van der Waals surface area contributed by atoms with Crippen LogP contribution in [0.1, 0.15) is 22.3 Å². The quantitative estimate of drug-likeness (QED) is 0.361. The van der Waals surface area contributed by atoms with E-state index >= 15 is 0 Å². The Morgan fingerprint density at radius 2 is 1.88 bits per heavy atom. The van der Waals surface area contributed by atoms with Gasteiger partial charge in [-0.05, 0) is 60.2 Å². The van der Waals surface area contributed by atoms with Gasteiger partial charge in [0.2, 0.25) is 0 Å². The van der Waals surface area contributed by atoms with E-state index in [4.69, 9.17) is 4.74 Å². The van der Waals surface area contributed by atoms with Gasteiger partial charge in [0.1, 0.15) is 11.6 Å². The van der Waals surface area contributed by atoms with E-state index in [9.17, 15) is 9.18 Å². The van der Waals surface area contributed by atoms with E-state index in [2.05, 4.69) is 6.58 Å². The van der Waals surface area contributed by atoms with Gasteiger partial charge < -0.3 is 4.74 Å². The number of hydrogen-bond acceptors (Lipinski definition) is 2. The lowest BCUT2D eigenvalue weighted by Gasteiger charge is -2.07. The third-order valence-electron chi connectivity index (χ3n) is 3.84. The maximum Gasteiger partial charge on any atom is 0.343 e. The molecule has 3 heteroatoms. The minimum Gasteiger partial charge on any atom is -0.423 e. The van der Waals surface area contributed by atoms with Gasteiger partial charge in [0, 0.05) is 5.39 Å². The van der Waals surface area contributed by atoms with Crippen molar-refractivity contribution in [2.45, 2.75) is 12.8 Å². The van der Waals surface area contributed by atoms with Crippen molar-refractivity contribution in [2.75, 3.05) is 0 Å². The van der Waals surface area contributed by atoms with Crippen LogP contribution in [0.5, 0.6) is 5.75 Å². The lowest BCUT2D eigenvalue weighted by molar-refractivity contribution is 0.0735. The maximum atomic E-state index is 13.7.